The van der Waals surface area contributed by atoms with Crippen LogP contribution in [0.25, 0.3) is 0 Å². The molecular formula is C46H64O2. The number of benzene rings is 1. The van der Waals surface area contributed by atoms with E-state index in [2.05, 4.69) is 105 Å². The predicted octanol–water partition coefficient (Wildman–Crippen LogP) is 14.0. The van der Waals surface area contributed by atoms with E-state index >= 15 is 0 Å². The Morgan fingerprint density at radius 2 is 0.896 bits per heavy atom. The number of allylic oxidation sites excluding steroid dienone is 16. The van der Waals surface area contributed by atoms with Gasteiger partial charge in [-0.2, -0.15) is 0 Å². The second kappa shape index (κ2) is 21.5. The highest BCUT2D eigenvalue weighted by Gasteiger charge is 2.32. The summed E-state index contributed by atoms with van der Waals surface area (Å²) < 4.78 is 0. The lowest BCUT2D eigenvalue weighted by Gasteiger charge is -2.24. The Kier molecular flexibility index (Phi) is 18.2. The third-order valence-corrected chi connectivity index (χ3v) is 9.26. The molecule has 48 heavy (non-hydrogen) atoms. The van der Waals surface area contributed by atoms with Crippen molar-refractivity contribution >= 4 is 11.6 Å². The molecule has 0 amide bonds. The van der Waals surface area contributed by atoms with E-state index in [-0.39, 0.29) is 17.5 Å². The van der Waals surface area contributed by atoms with Crippen molar-refractivity contribution in [3.05, 3.63) is 128 Å². The van der Waals surface area contributed by atoms with E-state index < -0.39 is 0 Å². The Morgan fingerprint density at radius 3 is 1.33 bits per heavy atom. The van der Waals surface area contributed by atoms with Gasteiger partial charge in [-0.15, -0.1) is 0 Å². The fourth-order valence-corrected chi connectivity index (χ4v) is 6.21. The number of hydrogen-bond acceptors (Lipinski definition) is 2. The Balaban J connectivity index is 2.16. The molecule has 1 aromatic carbocycles. The van der Waals surface area contributed by atoms with Crippen molar-refractivity contribution in [1.29, 1.82) is 0 Å². The Morgan fingerprint density at radius 1 is 0.521 bits per heavy atom. The lowest BCUT2D eigenvalue weighted by molar-refractivity contribution is 0.0968. The molecule has 260 valence electrons. The van der Waals surface area contributed by atoms with Crippen LogP contribution >= 0.6 is 0 Å². The van der Waals surface area contributed by atoms with Crippen LogP contribution in [0.15, 0.2) is 117 Å². The topological polar surface area (TPSA) is 34.1 Å². The predicted molar refractivity (Wildman–Crippen MR) is 210 cm³/mol. The SMILES string of the molecule is CC(C)=CCC/C(C)=C/CC/C(C)=C/CC/C(C)=C/C(C/C=C(\C)CC/C=C(\C)CCC=C(C)C)C1=C(C)C(=O)c2ccccc2C1=O. The minimum Gasteiger partial charge on any atom is -0.289 e. The maximum atomic E-state index is 13.9. The Labute approximate surface area is 294 Å². The largest absolute Gasteiger partial charge is 0.289 e. The van der Waals surface area contributed by atoms with Crippen LogP contribution < -0.4 is 0 Å². The molecule has 0 aliphatic heterocycles. The van der Waals surface area contributed by atoms with Crippen molar-refractivity contribution in [3.63, 3.8) is 0 Å². The molecular weight excluding hydrogens is 585 g/mol. The first kappa shape index (κ1) is 40.7. The number of ketones is 2. The maximum absolute atomic E-state index is 13.9. The molecule has 0 heterocycles. The molecule has 1 unspecified atom stereocenters. The number of hydrogen-bond donors (Lipinski definition) is 0. The molecule has 0 radical (unpaired) electrons. The summed E-state index contributed by atoms with van der Waals surface area (Å²) in [5.74, 6) is -0.154. The summed E-state index contributed by atoms with van der Waals surface area (Å²) in [7, 11) is 0. The average molecular weight is 649 g/mol. The highest BCUT2D eigenvalue weighted by molar-refractivity contribution is 6.27. The second-order valence-electron chi connectivity index (χ2n) is 14.6. The minimum absolute atomic E-state index is 0.00216. The molecule has 0 N–H and O–H groups in total. The molecule has 2 heteroatoms. The Hall–Kier alpha value is -3.52. The van der Waals surface area contributed by atoms with Gasteiger partial charge in [0.1, 0.15) is 0 Å². The third-order valence-electron chi connectivity index (χ3n) is 9.26. The fourth-order valence-electron chi connectivity index (χ4n) is 6.21. The molecule has 0 fully saturated rings. The van der Waals surface area contributed by atoms with Gasteiger partial charge < -0.3 is 0 Å². The van der Waals surface area contributed by atoms with Gasteiger partial charge in [0, 0.05) is 28.2 Å². The lowest BCUT2D eigenvalue weighted by atomic mass is 9.77. The van der Waals surface area contributed by atoms with E-state index in [4.69, 9.17) is 0 Å². The fraction of sp³-hybridized carbons (Fsp3) is 0.478. The van der Waals surface area contributed by atoms with Crippen LogP contribution in [0.1, 0.15) is 161 Å². The highest BCUT2D eigenvalue weighted by atomic mass is 16.1. The summed E-state index contributed by atoms with van der Waals surface area (Å²) in [4.78, 5) is 27.3. The van der Waals surface area contributed by atoms with Crippen LogP contribution in [-0.2, 0) is 0 Å². The van der Waals surface area contributed by atoms with E-state index in [1.165, 1.54) is 39.0 Å². The molecule has 1 aromatic rings. The quantitative estimate of drug-likeness (QED) is 0.140. The summed E-state index contributed by atoms with van der Waals surface area (Å²) in [6.07, 6.45) is 27.6. The molecule has 0 spiro atoms. The summed E-state index contributed by atoms with van der Waals surface area (Å²) in [5.41, 5.74) is 12.0. The average Bonchev–Trinajstić information content (AvgIpc) is 3.02. The van der Waals surface area contributed by atoms with E-state index in [1.54, 1.807) is 12.1 Å². The molecule has 0 aromatic heterocycles. The first-order chi connectivity index (χ1) is 22.8. The van der Waals surface area contributed by atoms with Crippen LogP contribution in [0.5, 0.6) is 0 Å². The van der Waals surface area contributed by atoms with Crippen LogP contribution in [0.2, 0.25) is 0 Å². The molecule has 0 saturated heterocycles. The molecule has 0 saturated carbocycles. The molecule has 2 rings (SSSR count). The van der Waals surface area contributed by atoms with Gasteiger partial charge in [0.15, 0.2) is 11.6 Å². The van der Waals surface area contributed by atoms with Crippen LogP contribution in [0.4, 0.5) is 0 Å². The number of carbonyl (C=O) groups excluding carboxylic acids is 2. The lowest BCUT2D eigenvalue weighted by Crippen LogP contribution is -2.25. The zero-order valence-electron chi connectivity index (χ0n) is 32.0. The van der Waals surface area contributed by atoms with Gasteiger partial charge >= 0.3 is 0 Å². The molecule has 1 aliphatic carbocycles. The monoisotopic (exact) mass is 648 g/mol. The van der Waals surface area contributed by atoms with Gasteiger partial charge in [-0.25, -0.2) is 0 Å². The van der Waals surface area contributed by atoms with Crippen LogP contribution in [-0.4, -0.2) is 11.6 Å². The maximum Gasteiger partial charge on any atom is 0.190 e. The number of carbonyl (C=O) groups is 2. The zero-order valence-corrected chi connectivity index (χ0v) is 32.0. The van der Waals surface area contributed by atoms with Crippen molar-refractivity contribution in [2.45, 2.75) is 140 Å². The number of Topliss-reactive ketones (excluding diaryl/α,β-unsaturated/α-hetero) is 2. The van der Waals surface area contributed by atoms with Gasteiger partial charge in [0.05, 0.1) is 0 Å². The van der Waals surface area contributed by atoms with Crippen molar-refractivity contribution in [2.24, 2.45) is 5.92 Å². The van der Waals surface area contributed by atoms with Crippen molar-refractivity contribution < 1.29 is 9.59 Å². The van der Waals surface area contributed by atoms with E-state index in [9.17, 15) is 9.59 Å². The van der Waals surface area contributed by atoms with E-state index in [0.29, 0.717) is 28.7 Å². The highest BCUT2D eigenvalue weighted by Crippen LogP contribution is 2.34. The summed E-state index contributed by atoms with van der Waals surface area (Å²) in [6.45, 7) is 21.5. The second-order valence-corrected chi connectivity index (χ2v) is 14.6. The van der Waals surface area contributed by atoms with Crippen LogP contribution in [0.3, 0.4) is 0 Å². The minimum atomic E-state index is -0.129. The molecule has 0 bridgehead atoms. The summed E-state index contributed by atoms with van der Waals surface area (Å²) in [5, 5.41) is 0. The summed E-state index contributed by atoms with van der Waals surface area (Å²) in [6, 6.07) is 7.28. The smallest absolute Gasteiger partial charge is 0.190 e. The normalized spacial score (nSPS) is 15.5. The van der Waals surface area contributed by atoms with Gasteiger partial charge in [-0.3, -0.25) is 9.59 Å². The van der Waals surface area contributed by atoms with E-state index in [1.807, 2.05) is 19.1 Å². The summed E-state index contributed by atoms with van der Waals surface area (Å²) >= 11 is 0. The molecule has 1 aliphatic rings. The Bertz CT molecular complexity index is 1500. The van der Waals surface area contributed by atoms with Crippen molar-refractivity contribution in [3.8, 4) is 0 Å². The van der Waals surface area contributed by atoms with Crippen LogP contribution in [0, 0.1) is 5.92 Å². The number of fused-ring (bicyclic) bond motifs is 1. The van der Waals surface area contributed by atoms with Gasteiger partial charge in [-0.1, -0.05) is 106 Å². The first-order valence-corrected chi connectivity index (χ1v) is 18.3. The molecule has 1 atom stereocenters. The van der Waals surface area contributed by atoms with Crippen molar-refractivity contribution in [1.82, 2.24) is 0 Å². The zero-order chi connectivity index (χ0) is 35.6. The van der Waals surface area contributed by atoms with Gasteiger partial charge in [-0.05, 0) is 140 Å². The van der Waals surface area contributed by atoms with Crippen molar-refractivity contribution in [2.75, 3.05) is 0 Å². The van der Waals surface area contributed by atoms with E-state index in [0.717, 1.165) is 64.2 Å². The van der Waals surface area contributed by atoms with Gasteiger partial charge in [0.2, 0.25) is 0 Å². The number of rotatable bonds is 19. The first-order valence-electron chi connectivity index (χ1n) is 18.3. The molecule has 2 nitrogen and oxygen atoms in total. The standard InChI is InChI=1S/C46H64O2/c1-33(2)18-13-20-35(5)22-15-23-37(7)25-17-27-39(9)32-41(31-30-38(8)26-16-24-36(6)21-14-19-34(3)4)44-40(10)45(47)42-28-11-12-29-43(42)46(44)48/h11-12,18-19,22,24-25,28-30,32,41H,13-17,20-21,23,26-27,31H2,1-10H3/b35-22+,36-24+,37-25+,38-30+,39-32+. The van der Waals surface area contributed by atoms with Gasteiger partial charge in [0.25, 0.3) is 0 Å². The third kappa shape index (κ3) is 14.7.